The molecule has 0 fully saturated rings. The molecule has 2 aromatic carbocycles. The fourth-order valence-corrected chi connectivity index (χ4v) is 4.19. The predicted molar refractivity (Wildman–Crippen MR) is 132 cm³/mol. The number of benzene rings is 2. The summed E-state index contributed by atoms with van der Waals surface area (Å²) in [6.45, 7) is 4.81. The molecule has 0 aromatic heterocycles. The fourth-order valence-electron chi connectivity index (χ4n) is 4.19. The van der Waals surface area contributed by atoms with Gasteiger partial charge in [0.25, 0.3) is 11.8 Å². The van der Waals surface area contributed by atoms with Crippen molar-refractivity contribution in [3.05, 3.63) is 65.2 Å². The van der Waals surface area contributed by atoms with Crippen molar-refractivity contribution in [2.24, 2.45) is 0 Å². The van der Waals surface area contributed by atoms with E-state index >= 15 is 0 Å². The van der Waals surface area contributed by atoms with Crippen molar-refractivity contribution in [1.82, 2.24) is 15.1 Å². The van der Waals surface area contributed by atoms with Gasteiger partial charge in [-0.25, -0.2) is 0 Å². The molecule has 0 spiro atoms. The largest absolute Gasteiger partial charge is 0.497 e. The predicted octanol–water partition coefficient (Wildman–Crippen LogP) is 3.41. The van der Waals surface area contributed by atoms with Crippen molar-refractivity contribution < 1.29 is 23.9 Å². The van der Waals surface area contributed by atoms with Crippen LogP contribution in [0.25, 0.3) is 0 Å². The van der Waals surface area contributed by atoms with Crippen molar-refractivity contribution in [3.8, 4) is 5.75 Å². The Morgan fingerprint density at radius 2 is 1.63 bits per heavy atom. The third-order valence-corrected chi connectivity index (χ3v) is 6.10. The fraction of sp³-hybridized carbons (Fsp3) is 0.407. The number of carbonyl (C=O) groups excluding carboxylic acids is 4. The van der Waals surface area contributed by atoms with Gasteiger partial charge < -0.3 is 15.0 Å². The van der Waals surface area contributed by atoms with Gasteiger partial charge in [-0.2, -0.15) is 0 Å². The molecule has 1 N–H and O–H groups in total. The summed E-state index contributed by atoms with van der Waals surface area (Å²) in [5.74, 6) is -0.343. The van der Waals surface area contributed by atoms with Gasteiger partial charge >= 0.3 is 0 Å². The zero-order chi connectivity index (χ0) is 25.4. The number of nitrogens with one attached hydrogen (secondary N) is 1. The molecule has 35 heavy (non-hydrogen) atoms. The zero-order valence-electron chi connectivity index (χ0n) is 20.6. The van der Waals surface area contributed by atoms with E-state index in [4.69, 9.17) is 4.74 Å². The molecule has 4 amide bonds. The maximum absolute atomic E-state index is 13.3. The number of rotatable bonds is 12. The topological polar surface area (TPSA) is 96.0 Å². The quantitative estimate of drug-likeness (QED) is 0.471. The summed E-state index contributed by atoms with van der Waals surface area (Å²) in [7, 11) is 1.59. The van der Waals surface area contributed by atoms with Crippen molar-refractivity contribution in [2.75, 3.05) is 20.2 Å². The van der Waals surface area contributed by atoms with E-state index in [0.29, 0.717) is 36.3 Å². The first kappa shape index (κ1) is 25.9. The summed E-state index contributed by atoms with van der Waals surface area (Å²) in [6, 6.07) is 13.5. The first-order chi connectivity index (χ1) is 16.9. The maximum atomic E-state index is 13.3. The van der Waals surface area contributed by atoms with Gasteiger partial charge in [0.2, 0.25) is 11.8 Å². The van der Waals surface area contributed by atoms with E-state index in [1.54, 1.807) is 36.3 Å². The van der Waals surface area contributed by atoms with Crippen LogP contribution in [-0.2, 0) is 16.1 Å². The normalized spacial score (nSPS) is 13.4. The van der Waals surface area contributed by atoms with E-state index in [1.807, 2.05) is 38.1 Å². The lowest BCUT2D eigenvalue weighted by molar-refractivity contribution is -0.141. The molecule has 1 aliphatic rings. The molecule has 1 atom stereocenters. The summed E-state index contributed by atoms with van der Waals surface area (Å²) in [4.78, 5) is 54.2. The minimum atomic E-state index is -0.615. The van der Waals surface area contributed by atoms with Crippen LogP contribution in [0.15, 0.2) is 48.5 Å². The summed E-state index contributed by atoms with van der Waals surface area (Å²) in [5, 5.41) is 2.89. The summed E-state index contributed by atoms with van der Waals surface area (Å²) >= 11 is 0. The van der Waals surface area contributed by atoms with E-state index in [-0.39, 0.29) is 43.1 Å². The second-order valence-electron chi connectivity index (χ2n) is 8.50. The molecule has 0 unspecified atom stereocenters. The van der Waals surface area contributed by atoms with Crippen LogP contribution in [0.1, 0.15) is 65.8 Å². The number of imide groups is 1. The number of amides is 4. The molecule has 8 heteroatoms. The van der Waals surface area contributed by atoms with Gasteiger partial charge in [0.15, 0.2) is 0 Å². The van der Waals surface area contributed by atoms with E-state index < -0.39 is 6.04 Å². The second kappa shape index (κ2) is 12.1. The average molecular weight is 480 g/mol. The number of hydrogen-bond donors (Lipinski definition) is 1. The Bertz CT molecular complexity index is 1030. The van der Waals surface area contributed by atoms with Crippen LogP contribution in [0.4, 0.5) is 0 Å². The first-order valence-electron chi connectivity index (χ1n) is 12.1. The molecule has 186 valence electrons. The smallest absolute Gasteiger partial charge is 0.261 e. The molecule has 0 radical (unpaired) electrons. The average Bonchev–Trinajstić information content (AvgIpc) is 3.12. The highest BCUT2D eigenvalue weighted by Crippen LogP contribution is 2.23. The van der Waals surface area contributed by atoms with E-state index in [2.05, 4.69) is 5.32 Å². The molecule has 1 aliphatic heterocycles. The summed E-state index contributed by atoms with van der Waals surface area (Å²) in [6.07, 6.45) is 1.70. The highest BCUT2D eigenvalue weighted by molar-refractivity contribution is 6.21. The number of ether oxygens (including phenoxy) is 1. The van der Waals surface area contributed by atoms with Crippen LogP contribution in [0.3, 0.4) is 0 Å². The second-order valence-corrected chi connectivity index (χ2v) is 8.50. The van der Waals surface area contributed by atoms with Gasteiger partial charge in [-0.05, 0) is 49.1 Å². The molecule has 3 rings (SSSR count). The SMILES string of the molecule is CCCNC(=O)[C@@H](CC)N(Cc1ccc(OC)cc1)C(=O)CCCN1C(=O)c2ccccc2C1=O. The Morgan fingerprint density at radius 1 is 1.00 bits per heavy atom. The van der Waals surface area contributed by atoms with Crippen molar-refractivity contribution in [1.29, 1.82) is 0 Å². The van der Waals surface area contributed by atoms with Gasteiger partial charge in [-0.1, -0.05) is 38.1 Å². The van der Waals surface area contributed by atoms with E-state index in [1.165, 1.54) is 4.90 Å². The van der Waals surface area contributed by atoms with Crippen molar-refractivity contribution in [3.63, 3.8) is 0 Å². The molecular formula is C27H33N3O5. The molecule has 8 nitrogen and oxygen atoms in total. The summed E-state index contributed by atoms with van der Waals surface area (Å²) < 4.78 is 5.21. The molecule has 2 aromatic rings. The molecule has 0 aliphatic carbocycles. The van der Waals surface area contributed by atoms with Crippen LogP contribution in [-0.4, -0.2) is 59.7 Å². The molecular weight excluding hydrogens is 446 g/mol. The highest BCUT2D eigenvalue weighted by Gasteiger charge is 2.35. The monoisotopic (exact) mass is 479 g/mol. The van der Waals surface area contributed by atoms with Gasteiger partial charge in [-0.3, -0.25) is 24.1 Å². The lowest BCUT2D eigenvalue weighted by Crippen LogP contribution is -2.49. The Morgan fingerprint density at radius 3 is 2.17 bits per heavy atom. The summed E-state index contributed by atoms with van der Waals surface area (Å²) in [5.41, 5.74) is 1.66. The Kier molecular flexibility index (Phi) is 9.00. The molecule has 0 saturated carbocycles. The zero-order valence-corrected chi connectivity index (χ0v) is 20.6. The number of fused-ring (bicyclic) bond motifs is 1. The van der Waals surface area contributed by atoms with Gasteiger partial charge in [0.1, 0.15) is 11.8 Å². The van der Waals surface area contributed by atoms with E-state index in [0.717, 1.165) is 12.0 Å². The van der Waals surface area contributed by atoms with Crippen LogP contribution in [0.5, 0.6) is 5.75 Å². The van der Waals surface area contributed by atoms with Crippen LogP contribution >= 0.6 is 0 Å². The Balaban J connectivity index is 1.70. The number of nitrogens with zero attached hydrogens (tertiary/aromatic N) is 2. The Hall–Kier alpha value is -3.68. The van der Waals surface area contributed by atoms with Gasteiger partial charge in [0.05, 0.1) is 18.2 Å². The Labute approximate surface area is 206 Å². The molecule has 1 heterocycles. The first-order valence-corrected chi connectivity index (χ1v) is 12.1. The molecule has 0 bridgehead atoms. The maximum Gasteiger partial charge on any atom is 0.261 e. The standard InChI is InChI=1S/C27H33N3O5/c1-4-16-28-25(32)23(5-2)30(18-19-12-14-20(35-3)15-13-19)24(31)11-8-17-29-26(33)21-9-6-7-10-22(21)27(29)34/h6-7,9-10,12-15,23H,4-5,8,11,16-18H2,1-3H3,(H,28,32)/t23-/m1/s1. The lowest BCUT2D eigenvalue weighted by atomic mass is 10.1. The van der Waals surface area contributed by atoms with Crippen LogP contribution in [0, 0.1) is 0 Å². The van der Waals surface area contributed by atoms with E-state index in [9.17, 15) is 19.2 Å². The third kappa shape index (κ3) is 6.07. The van der Waals surface area contributed by atoms with Crippen molar-refractivity contribution in [2.45, 2.75) is 52.1 Å². The number of methoxy groups -OCH3 is 1. The third-order valence-electron chi connectivity index (χ3n) is 6.10. The van der Waals surface area contributed by atoms with Gasteiger partial charge in [0, 0.05) is 26.1 Å². The minimum absolute atomic E-state index is 0.112. The van der Waals surface area contributed by atoms with Crippen molar-refractivity contribution >= 4 is 23.6 Å². The van der Waals surface area contributed by atoms with Gasteiger partial charge in [-0.15, -0.1) is 0 Å². The molecule has 0 saturated heterocycles. The number of carbonyl (C=O) groups is 4. The van der Waals surface area contributed by atoms with Crippen LogP contribution in [0.2, 0.25) is 0 Å². The highest BCUT2D eigenvalue weighted by atomic mass is 16.5. The minimum Gasteiger partial charge on any atom is -0.497 e. The lowest BCUT2D eigenvalue weighted by Gasteiger charge is -2.31. The number of hydrogen-bond acceptors (Lipinski definition) is 5. The van der Waals surface area contributed by atoms with Crippen LogP contribution < -0.4 is 10.1 Å².